The van der Waals surface area contributed by atoms with Crippen LogP contribution in [0.2, 0.25) is 5.02 Å². The number of carbonyl (C=O) groups is 1. The number of allylic oxidation sites excluding steroid dienone is 1. The van der Waals surface area contributed by atoms with Crippen LogP contribution in [0.15, 0.2) is 30.3 Å². The SMILES string of the molecule is CC1(C)C=C(c2ccccc2Cl)N(C(=O)OC(C)(C)C)CC1. The van der Waals surface area contributed by atoms with E-state index >= 15 is 0 Å². The molecule has 1 amide bonds. The number of hydrogen-bond donors (Lipinski definition) is 0. The van der Waals surface area contributed by atoms with Gasteiger partial charge in [0.2, 0.25) is 0 Å². The molecule has 1 aliphatic rings. The molecule has 0 atom stereocenters. The molecule has 0 bridgehead atoms. The van der Waals surface area contributed by atoms with Crippen molar-refractivity contribution < 1.29 is 9.53 Å². The van der Waals surface area contributed by atoms with Crippen molar-refractivity contribution in [1.82, 2.24) is 4.90 Å². The molecule has 0 unspecified atom stereocenters. The fourth-order valence-corrected chi connectivity index (χ4v) is 2.67. The minimum Gasteiger partial charge on any atom is -0.443 e. The van der Waals surface area contributed by atoms with E-state index in [9.17, 15) is 4.79 Å². The Morgan fingerprint density at radius 3 is 2.50 bits per heavy atom. The van der Waals surface area contributed by atoms with Crippen molar-refractivity contribution in [3.63, 3.8) is 0 Å². The van der Waals surface area contributed by atoms with Crippen LogP contribution in [0.5, 0.6) is 0 Å². The van der Waals surface area contributed by atoms with Crippen LogP contribution < -0.4 is 0 Å². The van der Waals surface area contributed by atoms with Crippen LogP contribution in [0.3, 0.4) is 0 Å². The summed E-state index contributed by atoms with van der Waals surface area (Å²) in [5.41, 5.74) is 1.20. The van der Waals surface area contributed by atoms with Crippen molar-refractivity contribution in [2.75, 3.05) is 6.54 Å². The highest BCUT2D eigenvalue weighted by atomic mass is 35.5. The van der Waals surface area contributed by atoms with Crippen molar-refractivity contribution in [3.8, 4) is 0 Å². The summed E-state index contributed by atoms with van der Waals surface area (Å²) in [7, 11) is 0. The van der Waals surface area contributed by atoms with Crippen LogP contribution in [-0.4, -0.2) is 23.1 Å². The molecule has 0 spiro atoms. The van der Waals surface area contributed by atoms with Gasteiger partial charge in [0.05, 0.1) is 5.70 Å². The Hall–Kier alpha value is -1.48. The van der Waals surface area contributed by atoms with Gasteiger partial charge in [0.25, 0.3) is 0 Å². The van der Waals surface area contributed by atoms with E-state index in [1.165, 1.54) is 0 Å². The average molecular weight is 322 g/mol. The van der Waals surface area contributed by atoms with Gasteiger partial charge in [-0.15, -0.1) is 0 Å². The molecule has 1 aromatic carbocycles. The van der Waals surface area contributed by atoms with E-state index in [0.29, 0.717) is 11.6 Å². The Morgan fingerprint density at radius 1 is 1.27 bits per heavy atom. The van der Waals surface area contributed by atoms with E-state index in [2.05, 4.69) is 19.9 Å². The number of benzene rings is 1. The highest BCUT2D eigenvalue weighted by molar-refractivity contribution is 6.32. The predicted molar refractivity (Wildman–Crippen MR) is 90.8 cm³/mol. The van der Waals surface area contributed by atoms with Gasteiger partial charge in [0.1, 0.15) is 5.60 Å². The highest BCUT2D eigenvalue weighted by Gasteiger charge is 2.33. The molecule has 0 saturated heterocycles. The number of halogens is 1. The van der Waals surface area contributed by atoms with Crippen molar-refractivity contribution in [3.05, 3.63) is 40.9 Å². The van der Waals surface area contributed by atoms with Gasteiger partial charge in [-0.25, -0.2) is 4.79 Å². The van der Waals surface area contributed by atoms with E-state index in [4.69, 9.17) is 16.3 Å². The molecule has 0 aliphatic carbocycles. The fraction of sp³-hybridized carbons (Fsp3) is 0.500. The third kappa shape index (κ3) is 4.04. The third-order valence-electron chi connectivity index (χ3n) is 3.56. The van der Waals surface area contributed by atoms with Gasteiger partial charge in [-0.1, -0.05) is 49.7 Å². The van der Waals surface area contributed by atoms with Gasteiger partial charge in [-0.2, -0.15) is 0 Å². The topological polar surface area (TPSA) is 29.5 Å². The summed E-state index contributed by atoms with van der Waals surface area (Å²) < 4.78 is 5.54. The van der Waals surface area contributed by atoms with Gasteiger partial charge >= 0.3 is 6.09 Å². The number of nitrogens with zero attached hydrogens (tertiary/aromatic N) is 1. The first-order valence-electron chi connectivity index (χ1n) is 7.57. The summed E-state index contributed by atoms with van der Waals surface area (Å²) >= 11 is 6.33. The highest BCUT2D eigenvalue weighted by Crippen LogP contribution is 2.38. The van der Waals surface area contributed by atoms with Crippen molar-refractivity contribution >= 4 is 23.4 Å². The summed E-state index contributed by atoms with van der Waals surface area (Å²) in [6.07, 6.45) is 2.68. The van der Waals surface area contributed by atoms with E-state index in [0.717, 1.165) is 17.7 Å². The van der Waals surface area contributed by atoms with Crippen molar-refractivity contribution in [1.29, 1.82) is 0 Å². The molecule has 0 N–H and O–H groups in total. The van der Waals surface area contributed by atoms with Gasteiger partial charge < -0.3 is 4.74 Å². The summed E-state index contributed by atoms with van der Waals surface area (Å²) in [6, 6.07) is 7.59. The van der Waals surface area contributed by atoms with E-state index in [1.807, 2.05) is 45.0 Å². The van der Waals surface area contributed by atoms with Crippen LogP contribution >= 0.6 is 11.6 Å². The van der Waals surface area contributed by atoms with E-state index in [-0.39, 0.29) is 11.5 Å². The lowest BCUT2D eigenvalue weighted by molar-refractivity contribution is 0.0331. The second-order valence-corrected chi connectivity index (χ2v) is 7.79. The maximum atomic E-state index is 12.5. The zero-order valence-electron chi connectivity index (χ0n) is 13.9. The van der Waals surface area contributed by atoms with Crippen molar-refractivity contribution in [2.45, 2.75) is 46.6 Å². The van der Waals surface area contributed by atoms with E-state index in [1.54, 1.807) is 4.90 Å². The number of carbonyl (C=O) groups excluding carboxylic acids is 1. The predicted octanol–water partition coefficient (Wildman–Crippen LogP) is 5.35. The van der Waals surface area contributed by atoms with Crippen LogP contribution in [0.4, 0.5) is 4.79 Å². The molecule has 3 nitrogen and oxygen atoms in total. The van der Waals surface area contributed by atoms with Crippen molar-refractivity contribution in [2.24, 2.45) is 5.41 Å². The molecular weight excluding hydrogens is 298 g/mol. The standard InChI is InChI=1S/C18H24ClNO2/c1-17(2,3)22-16(21)20-11-10-18(4,5)12-15(20)13-8-6-7-9-14(13)19/h6-9,12H,10-11H2,1-5H3. The summed E-state index contributed by atoms with van der Waals surface area (Å²) in [4.78, 5) is 14.2. The minimum absolute atomic E-state index is 0.0208. The molecular formula is C18H24ClNO2. The Balaban J connectivity index is 2.42. The number of ether oxygens (including phenoxy) is 1. The summed E-state index contributed by atoms with van der Waals surface area (Å²) in [6.45, 7) is 10.6. The van der Waals surface area contributed by atoms with Gasteiger partial charge in [-0.05, 0) is 38.7 Å². The molecule has 1 aromatic rings. The van der Waals surface area contributed by atoms with Crippen LogP contribution in [0, 0.1) is 5.41 Å². The Kier molecular flexibility index (Phi) is 4.57. The average Bonchev–Trinajstić information content (AvgIpc) is 2.36. The molecule has 0 radical (unpaired) electrons. The Labute approximate surface area is 137 Å². The lowest BCUT2D eigenvalue weighted by atomic mass is 9.84. The maximum absolute atomic E-state index is 12.5. The molecule has 2 rings (SSSR count). The third-order valence-corrected chi connectivity index (χ3v) is 3.89. The monoisotopic (exact) mass is 321 g/mol. The lowest BCUT2D eigenvalue weighted by Crippen LogP contribution is -2.40. The minimum atomic E-state index is -0.518. The molecule has 4 heteroatoms. The fourth-order valence-electron chi connectivity index (χ4n) is 2.44. The van der Waals surface area contributed by atoms with Crippen LogP contribution in [0.1, 0.15) is 46.6 Å². The van der Waals surface area contributed by atoms with Gasteiger partial charge in [-0.3, -0.25) is 4.90 Å². The molecule has 0 fully saturated rings. The molecule has 120 valence electrons. The molecule has 1 aliphatic heterocycles. The first-order valence-corrected chi connectivity index (χ1v) is 7.95. The Morgan fingerprint density at radius 2 is 1.91 bits per heavy atom. The molecule has 1 heterocycles. The first-order chi connectivity index (χ1) is 10.1. The molecule has 22 heavy (non-hydrogen) atoms. The Bertz CT molecular complexity index is 599. The number of amides is 1. The summed E-state index contributed by atoms with van der Waals surface area (Å²) in [5.74, 6) is 0. The quantitative estimate of drug-likeness (QED) is 0.698. The molecule has 0 aromatic heterocycles. The zero-order chi connectivity index (χ0) is 16.5. The van der Waals surface area contributed by atoms with Crippen LogP contribution in [-0.2, 0) is 4.74 Å². The van der Waals surface area contributed by atoms with Crippen LogP contribution in [0.25, 0.3) is 5.70 Å². The number of rotatable bonds is 1. The second-order valence-electron chi connectivity index (χ2n) is 7.38. The van der Waals surface area contributed by atoms with E-state index < -0.39 is 5.60 Å². The smallest absolute Gasteiger partial charge is 0.414 e. The normalized spacial score (nSPS) is 17.9. The first kappa shape index (κ1) is 16.9. The lowest BCUT2D eigenvalue weighted by Gasteiger charge is -2.37. The second kappa shape index (κ2) is 5.96. The maximum Gasteiger partial charge on any atom is 0.414 e. The molecule has 0 saturated carbocycles. The summed E-state index contributed by atoms with van der Waals surface area (Å²) in [5, 5.41) is 0.639. The zero-order valence-corrected chi connectivity index (χ0v) is 14.7. The number of hydrogen-bond acceptors (Lipinski definition) is 2. The largest absolute Gasteiger partial charge is 0.443 e. The van der Waals surface area contributed by atoms with Gasteiger partial charge in [0.15, 0.2) is 0 Å². The van der Waals surface area contributed by atoms with Gasteiger partial charge in [0, 0.05) is 17.1 Å².